The largest absolute Gasteiger partial charge is 0.325 e. The zero-order valence-corrected chi connectivity index (χ0v) is 11.4. The van der Waals surface area contributed by atoms with Crippen LogP contribution in [0.1, 0.15) is 50.3 Å². The van der Waals surface area contributed by atoms with Crippen LogP contribution in [0.15, 0.2) is 18.2 Å². The van der Waals surface area contributed by atoms with Crippen LogP contribution >= 0.6 is 0 Å². The van der Waals surface area contributed by atoms with Gasteiger partial charge in [-0.05, 0) is 55.2 Å². The summed E-state index contributed by atoms with van der Waals surface area (Å²) in [6.45, 7) is 6.67. The number of hydrogen-bond donors (Lipinski definition) is 1. The Morgan fingerprint density at radius 3 is 2.71 bits per heavy atom. The van der Waals surface area contributed by atoms with E-state index >= 15 is 0 Å². The molecule has 0 aromatic heterocycles. The second-order valence-electron chi connectivity index (χ2n) is 5.95. The Bertz CT molecular complexity index is 393. The molecule has 0 saturated heterocycles. The molecule has 1 aliphatic rings. The monoisotopic (exact) mass is 231 g/mol. The van der Waals surface area contributed by atoms with Gasteiger partial charge in [0.2, 0.25) is 0 Å². The normalized spacial score (nSPS) is 19.8. The van der Waals surface area contributed by atoms with Gasteiger partial charge in [-0.1, -0.05) is 38.5 Å². The van der Waals surface area contributed by atoms with Crippen LogP contribution in [-0.2, 0) is 19.3 Å². The Balaban J connectivity index is 2.14. The molecule has 0 bridgehead atoms. The molecule has 1 aromatic rings. The molecule has 17 heavy (non-hydrogen) atoms. The molecule has 1 nitrogen and oxygen atoms in total. The average Bonchev–Trinajstić information content (AvgIpc) is 2.74. The van der Waals surface area contributed by atoms with Gasteiger partial charge in [0, 0.05) is 5.54 Å². The number of rotatable bonds is 4. The number of fused-ring (bicyclic) bond motifs is 1. The maximum atomic E-state index is 6.45. The fourth-order valence-electron chi connectivity index (χ4n) is 2.82. The van der Waals surface area contributed by atoms with Crippen molar-refractivity contribution in [2.24, 2.45) is 11.7 Å². The smallest absolute Gasteiger partial charge is 0.0192 e. The molecule has 94 valence electrons. The average molecular weight is 231 g/mol. The lowest BCUT2D eigenvalue weighted by molar-refractivity contribution is 0.306. The summed E-state index contributed by atoms with van der Waals surface area (Å²) in [5, 5.41) is 0. The molecule has 0 heterocycles. The second kappa shape index (κ2) is 4.81. The van der Waals surface area contributed by atoms with Crippen molar-refractivity contribution in [3.05, 3.63) is 34.9 Å². The maximum Gasteiger partial charge on any atom is 0.0192 e. The van der Waals surface area contributed by atoms with E-state index in [0.29, 0.717) is 5.92 Å². The summed E-state index contributed by atoms with van der Waals surface area (Å²) in [5.41, 5.74) is 10.9. The third kappa shape index (κ3) is 2.71. The van der Waals surface area contributed by atoms with Crippen molar-refractivity contribution < 1.29 is 0 Å². The number of aryl methyl sites for hydroxylation is 2. The summed E-state index contributed by atoms with van der Waals surface area (Å²) >= 11 is 0. The minimum absolute atomic E-state index is 0.0818. The van der Waals surface area contributed by atoms with Gasteiger partial charge in [0.05, 0.1) is 0 Å². The third-order valence-electron chi connectivity index (χ3n) is 4.49. The molecule has 2 atom stereocenters. The highest BCUT2D eigenvalue weighted by atomic mass is 14.7. The van der Waals surface area contributed by atoms with Crippen LogP contribution < -0.4 is 5.73 Å². The number of hydrogen-bond acceptors (Lipinski definition) is 1. The first-order valence-corrected chi connectivity index (χ1v) is 6.92. The molecule has 2 N–H and O–H groups in total. The molecule has 0 amide bonds. The Hall–Kier alpha value is -0.820. The van der Waals surface area contributed by atoms with Crippen molar-refractivity contribution in [1.82, 2.24) is 0 Å². The van der Waals surface area contributed by atoms with Gasteiger partial charge in [-0.3, -0.25) is 0 Å². The topological polar surface area (TPSA) is 26.0 Å². The third-order valence-corrected chi connectivity index (χ3v) is 4.49. The molecule has 0 spiro atoms. The van der Waals surface area contributed by atoms with E-state index in [0.717, 1.165) is 12.8 Å². The fourth-order valence-corrected chi connectivity index (χ4v) is 2.82. The summed E-state index contributed by atoms with van der Waals surface area (Å²) in [5.74, 6) is 0.566. The van der Waals surface area contributed by atoms with Crippen LogP contribution in [-0.4, -0.2) is 5.54 Å². The summed E-state index contributed by atoms with van der Waals surface area (Å²) < 4.78 is 0. The van der Waals surface area contributed by atoms with E-state index in [4.69, 9.17) is 5.73 Å². The summed E-state index contributed by atoms with van der Waals surface area (Å²) in [6, 6.07) is 6.97. The summed E-state index contributed by atoms with van der Waals surface area (Å²) in [6.07, 6.45) is 5.99. The van der Waals surface area contributed by atoms with E-state index < -0.39 is 0 Å². The molecule has 1 aromatic carbocycles. The minimum Gasteiger partial charge on any atom is -0.325 e. The Kier molecular flexibility index (Phi) is 3.58. The van der Waals surface area contributed by atoms with Crippen LogP contribution in [0.3, 0.4) is 0 Å². The highest BCUT2D eigenvalue weighted by Gasteiger charge is 2.25. The zero-order valence-electron chi connectivity index (χ0n) is 11.4. The lowest BCUT2D eigenvalue weighted by atomic mass is 9.81. The first-order valence-electron chi connectivity index (χ1n) is 6.92. The molecule has 0 radical (unpaired) electrons. The van der Waals surface area contributed by atoms with Crippen molar-refractivity contribution in [3.8, 4) is 0 Å². The van der Waals surface area contributed by atoms with Gasteiger partial charge in [0.25, 0.3) is 0 Å². The van der Waals surface area contributed by atoms with Crippen molar-refractivity contribution in [2.45, 2.75) is 58.4 Å². The summed E-state index contributed by atoms with van der Waals surface area (Å²) in [4.78, 5) is 0. The standard InChI is InChI=1S/C16H25N/c1-4-12(2)16(3,17)11-13-8-9-14-6-5-7-15(14)10-13/h8-10,12H,4-7,11,17H2,1-3H3. The number of benzene rings is 1. The zero-order chi connectivity index (χ0) is 12.5. The van der Waals surface area contributed by atoms with Crippen molar-refractivity contribution in [1.29, 1.82) is 0 Å². The van der Waals surface area contributed by atoms with Gasteiger partial charge < -0.3 is 5.73 Å². The van der Waals surface area contributed by atoms with Crippen molar-refractivity contribution >= 4 is 0 Å². The maximum absolute atomic E-state index is 6.45. The molecular weight excluding hydrogens is 206 g/mol. The fraction of sp³-hybridized carbons (Fsp3) is 0.625. The lowest BCUT2D eigenvalue weighted by Crippen LogP contribution is -2.44. The van der Waals surface area contributed by atoms with Gasteiger partial charge >= 0.3 is 0 Å². The van der Waals surface area contributed by atoms with Gasteiger partial charge in [-0.2, -0.15) is 0 Å². The second-order valence-corrected chi connectivity index (χ2v) is 5.95. The first kappa shape index (κ1) is 12.6. The molecule has 1 heteroatoms. The highest BCUT2D eigenvalue weighted by molar-refractivity contribution is 5.36. The first-order chi connectivity index (χ1) is 8.03. The van der Waals surface area contributed by atoms with E-state index in [1.807, 2.05) is 0 Å². The van der Waals surface area contributed by atoms with Crippen molar-refractivity contribution in [3.63, 3.8) is 0 Å². The van der Waals surface area contributed by atoms with E-state index in [9.17, 15) is 0 Å². The van der Waals surface area contributed by atoms with Gasteiger partial charge in [-0.25, -0.2) is 0 Å². The minimum atomic E-state index is -0.0818. The Morgan fingerprint density at radius 1 is 1.29 bits per heavy atom. The van der Waals surface area contributed by atoms with Crippen molar-refractivity contribution in [2.75, 3.05) is 0 Å². The molecule has 0 aliphatic heterocycles. The quantitative estimate of drug-likeness (QED) is 0.843. The molecule has 2 rings (SSSR count). The molecular formula is C16H25N. The van der Waals surface area contributed by atoms with E-state index in [-0.39, 0.29) is 5.54 Å². The van der Waals surface area contributed by atoms with Crippen LogP contribution in [0.4, 0.5) is 0 Å². The predicted molar refractivity (Wildman–Crippen MR) is 74.2 cm³/mol. The van der Waals surface area contributed by atoms with Crippen LogP contribution in [0, 0.1) is 5.92 Å². The van der Waals surface area contributed by atoms with Gasteiger partial charge in [0.15, 0.2) is 0 Å². The Labute approximate surface area is 105 Å². The van der Waals surface area contributed by atoms with Gasteiger partial charge in [-0.15, -0.1) is 0 Å². The molecule has 0 fully saturated rings. The van der Waals surface area contributed by atoms with Crippen LogP contribution in [0.5, 0.6) is 0 Å². The highest BCUT2D eigenvalue weighted by Crippen LogP contribution is 2.26. The SMILES string of the molecule is CCC(C)C(C)(N)Cc1ccc2c(c1)CCC2. The van der Waals surface area contributed by atoms with E-state index in [2.05, 4.69) is 39.0 Å². The molecule has 1 aliphatic carbocycles. The lowest BCUT2D eigenvalue weighted by Gasteiger charge is -2.31. The van der Waals surface area contributed by atoms with Crippen LogP contribution in [0.25, 0.3) is 0 Å². The van der Waals surface area contributed by atoms with E-state index in [1.54, 1.807) is 11.1 Å². The predicted octanol–water partition coefficient (Wildman–Crippen LogP) is 3.48. The Morgan fingerprint density at radius 2 is 2.00 bits per heavy atom. The summed E-state index contributed by atoms with van der Waals surface area (Å²) in [7, 11) is 0. The van der Waals surface area contributed by atoms with Gasteiger partial charge in [0.1, 0.15) is 0 Å². The van der Waals surface area contributed by atoms with Crippen LogP contribution in [0.2, 0.25) is 0 Å². The molecule has 2 unspecified atom stereocenters. The van der Waals surface area contributed by atoms with E-state index in [1.165, 1.54) is 24.8 Å². The molecule has 0 saturated carbocycles. The number of nitrogens with two attached hydrogens (primary N) is 1.